The molecular formula is C13H16Cl3N3OS. The zero-order chi connectivity index (χ0) is 15.8. The van der Waals surface area contributed by atoms with Crippen LogP contribution in [0.4, 0.5) is 10.5 Å². The Balaban J connectivity index is 2.29. The van der Waals surface area contributed by atoms with Crippen molar-refractivity contribution in [1.29, 1.82) is 0 Å². The molecule has 1 unspecified atom stereocenters. The smallest absolute Gasteiger partial charge is 0.275 e. The molecule has 2 rings (SSSR count). The average molecular weight is 369 g/mol. The number of alkyl halides is 3. The Labute approximate surface area is 143 Å². The molecule has 2 amide bonds. The Morgan fingerprint density at radius 2 is 1.81 bits per heavy atom. The zero-order valence-corrected chi connectivity index (χ0v) is 14.9. The van der Waals surface area contributed by atoms with Gasteiger partial charge in [0.25, 0.3) is 3.12 Å². The van der Waals surface area contributed by atoms with Gasteiger partial charge in [-0.15, -0.1) is 0 Å². The molecule has 0 radical (unpaired) electrons. The molecule has 0 spiro atoms. The lowest BCUT2D eigenvalue weighted by Gasteiger charge is -2.25. The van der Waals surface area contributed by atoms with Crippen molar-refractivity contribution in [2.75, 3.05) is 4.90 Å². The molecule has 1 aliphatic heterocycles. The lowest BCUT2D eigenvalue weighted by atomic mass is 10.1. The molecule has 1 N–H and O–H groups in total. The number of carbonyl (C=O) groups is 1. The predicted octanol–water partition coefficient (Wildman–Crippen LogP) is 4.70. The van der Waals surface area contributed by atoms with Crippen LogP contribution in [0.1, 0.15) is 19.4 Å². The number of urea groups is 1. The van der Waals surface area contributed by atoms with E-state index in [1.54, 1.807) is 4.90 Å². The van der Waals surface area contributed by atoms with Crippen LogP contribution < -0.4 is 10.3 Å². The Kier molecular flexibility index (Phi) is 5.21. The highest BCUT2D eigenvalue weighted by Crippen LogP contribution is 2.42. The van der Waals surface area contributed by atoms with Gasteiger partial charge in [0.1, 0.15) is 6.17 Å². The van der Waals surface area contributed by atoms with Crippen molar-refractivity contribution in [1.82, 2.24) is 9.84 Å². The Bertz CT molecular complexity index is 518. The van der Waals surface area contributed by atoms with E-state index in [9.17, 15) is 4.79 Å². The maximum atomic E-state index is 12.6. The van der Waals surface area contributed by atoms with Crippen molar-refractivity contribution in [2.45, 2.75) is 30.1 Å². The van der Waals surface area contributed by atoms with Crippen molar-refractivity contribution in [3.05, 3.63) is 29.8 Å². The van der Waals surface area contributed by atoms with E-state index in [0.717, 1.165) is 23.2 Å². The fraction of sp³-hybridized carbons (Fsp3) is 0.462. The molecule has 0 aliphatic carbocycles. The molecule has 8 heteroatoms. The topological polar surface area (TPSA) is 35.6 Å². The highest BCUT2D eigenvalue weighted by Gasteiger charge is 2.43. The molecule has 1 aromatic carbocycles. The minimum atomic E-state index is -1.60. The lowest BCUT2D eigenvalue weighted by molar-refractivity contribution is 0.235. The molecule has 0 aromatic heterocycles. The zero-order valence-electron chi connectivity index (χ0n) is 11.8. The van der Waals surface area contributed by atoms with Gasteiger partial charge in [-0.25, -0.2) is 4.79 Å². The van der Waals surface area contributed by atoms with Gasteiger partial charge < -0.3 is 0 Å². The first-order chi connectivity index (χ1) is 9.69. The van der Waals surface area contributed by atoms with E-state index in [2.05, 4.69) is 5.43 Å². The van der Waals surface area contributed by atoms with E-state index in [0.29, 0.717) is 0 Å². The van der Waals surface area contributed by atoms with Gasteiger partial charge in [-0.1, -0.05) is 66.3 Å². The van der Waals surface area contributed by atoms with Gasteiger partial charge in [0.2, 0.25) is 0 Å². The number of anilines is 1. The minimum Gasteiger partial charge on any atom is -0.275 e. The summed E-state index contributed by atoms with van der Waals surface area (Å²) in [4.78, 5) is 14.3. The number of benzene rings is 1. The summed E-state index contributed by atoms with van der Waals surface area (Å²) in [6, 6.07) is 7.49. The van der Waals surface area contributed by atoms with Gasteiger partial charge in [0, 0.05) is 17.6 Å². The summed E-state index contributed by atoms with van der Waals surface area (Å²) in [7, 11) is 0. The Hall–Kier alpha value is -0.330. The molecule has 0 bridgehead atoms. The SMILES string of the molecule is Cc1ccc(N2C(=O)N(SC(Cl)(Cl)Cl)NC2C(C)C)cc1. The summed E-state index contributed by atoms with van der Waals surface area (Å²) in [5.41, 5.74) is 5.02. The minimum absolute atomic E-state index is 0.191. The van der Waals surface area contributed by atoms with Gasteiger partial charge in [0.05, 0.1) is 0 Å². The van der Waals surface area contributed by atoms with Crippen molar-refractivity contribution in [2.24, 2.45) is 5.92 Å². The molecule has 1 atom stereocenters. The van der Waals surface area contributed by atoms with Crippen LogP contribution in [-0.2, 0) is 0 Å². The lowest BCUT2D eigenvalue weighted by Crippen LogP contribution is -2.41. The number of halogens is 3. The number of amides is 2. The second-order valence-corrected chi connectivity index (χ2v) is 9.25. The number of rotatable bonds is 3. The van der Waals surface area contributed by atoms with E-state index >= 15 is 0 Å². The molecule has 21 heavy (non-hydrogen) atoms. The number of hydrogen-bond donors (Lipinski definition) is 1. The van der Waals surface area contributed by atoms with Crippen LogP contribution in [0.2, 0.25) is 0 Å². The third-order valence-corrected chi connectivity index (χ3v) is 4.32. The monoisotopic (exact) mass is 367 g/mol. The van der Waals surface area contributed by atoms with E-state index in [4.69, 9.17) is 34.8 Å². The van der Waals surface area contributed by atoms with Crippen molar-refractivity contribution in [3.63, 3.8) is 0 Å². The first kappa shape index (κ1) is 17.0. The van der Waals surface area contributed by atoms with Crippen LogP contribution in [0.25, 0.3) is 0 Å². The first-order valence-corrected chi connectivity index (χ1v) is 8.32. The quantitative estimate of drug-likeness (QED) is 0.620. The maximum absolute atomic E-state index is 12.6. The molecule has 1 heterocycles. The summed E-state index contributed by atoms with van der Waals surface area (Å²) < 4.78 is -0.328. The predicted molar refractivity (Wildman–Crippen MR) is 90.5 cm³/mol. The molecular weight excluding hydrogens is 353 g/mol. The molecule has 1 fully saturated rings. The van der Waals surface area contributed by atoms with Crippen molar-refractivity contribution in [3.8, 4) is 0 Å². The van der Waals surface area contributed by atoms with E-state index in [1.807, 2.05) is 45.0 Å². The van der Waals surface area contributed by atoms with Crippen LogP contribution in [0, 0.1) is 12.8 Å². The third kappa shape index (κ3) is 4.11. The number of nitrogens with one attached hydrogen (secondary N) is 1. The van der Waals surface area contributed by atoms with Gasteiger partial charge >= 0.3 is 6.03 Å². The van der Waals surface area contributed by atoms with E-state index in [-0.39, 0.29) is 18.1 Å². The van der Waals surface area contributed by atoms with Gasteiger partial charge in [-0.05, 0) is 25.0 Å². The molecule has 4 nitrogen and oxygen atoms in total. The van der Waals surface area contributed by atoms with E-state index < -0.39 is 3.12 Å². The maximum Gasteiger partial charge on any atom is 0.350 e. The third-order valence-electron chi connectivity index (χ3n) is 3.05. The number of carbonyl (C=O) groups excluding carboxylic acids is 1. The summed E-state index contributed by atoms with van der Waals surface area (Å²) in [5.74, 6) is 0.191. The average Bonchev–Trinajstić information content (AvgIpc) is 2.66. The highest BCUT2D eigenvalue weighted by molar-refractivity contribution is 8.03. The standard InChI is InChI=1S/C13H16Cl3N3OS/c1-8(2)11-17-19(21-13(14,15)16)12(20)18(11)10-6-4-9(3)5-7-10/h4-8,11,17H,1-3H3. The molecule has 1 saturated heterocycles. The second-order valence-electron chi connectivity index (χ2n) is 5.14. The number of nitrogens with zero attached hydrogens (tertiary/aromatic N) is 2. The normalized spacial score (nSPS) is 19.8. The van der Waals surface area contributed by atoms with Gasteiger partial charge in [0.15, 0.2) is 0 Å². The number of aryl methyl sites for hydroxylation is 1. The Morgan fingerprint density at radius 1 is 1.24 bits per heavy atom. The highest BCUT2D eigenvalue weighted by atomic mass is 35.6. The second kappa shape index (κ2) is 6.42. The summed E-state index contributed by atoms with van der Waals surface area (Å²) in [5, 5.41) is 0. The van der Waals surface area contributed by atoms with Gasteiger partial charge in [-0.2, -0.15) is 9.84 Å². The van der Waals surface area contributed by atoms with Crippen LogP contribution in [0.3, 0.4) is 0 Å². The van der Waals surface area contributed by atoms with Gasteiger partial charge in [-0.3, -0.25) is 4.90 Å². The van der Waals surface area contributed by atoms with Crippen molar-refractivity contribution >= 4 is 58.5 Å². The fourth-order valence-electron chi connectivity index (χ4n) is 2.04. The van der Waals surface area contributed by atoms with Crippen LogP contribution in [-0.4, -0.2) is 19.7 Å². The van der Waals surface area contributed by atoms with Crippen LogP contribution in [0.15, 0.2) is 24.3 Å². The fourth-order valence-corrected chi connectivity index (χ4v) is 3.20. The van der Waals surface area contributed by atoms with E-state index in [1.165, 1.54) is 4.41 Å². The molecule has 0 saturated carbocycles. The number of hydrogen-bond acceptors (Lipinski definition) is 3. The Morgan fingerprint density at radius 3 is 2.29 bits per heavy atom. The molecule has 1 aliphatic rings. The first-order valence-electron chi connectivity index (χ1n) is 6.41. The van der Waals surface area contributed by atoms with Crippen molar-refractivity contribution < 1.29 is 4.79 Å². The molecule has 1 aromatic rings. The van der Waals surface area contributed by atoms with Crippen LogP contribution in [0.5, 0.6) is 0 Å². The largest absolute Gasteiger partial charge is 0.350 e. The number of hydrazine groups is 1. The summed E-state index contributed by atoms with van der Waals surface area (Å²) in [6.45, 7) is 6.05. The molecule has 116 valence electrons. The summed E-state index contributed by atoms with van der Waals surface area (Å²) in [6.07, 6.45) is -0.194. The van der Waals surface area contributed by atoms with Crippen LogP contribution >= 0.6 is 46.8 Å². The summed E-state index contributed by atoms with van der Waals surface area (Å²) >= 11 is 18.1.